The van der Waals surface area contributed by atoms with Crippen molar-refractivity contribution >= 4 is 27.0 Å². The Bertz CT molecular complexity index is 1580. The van der Waals surface area contributed by atoms with Crippen LogP contribution in [-0.2, 0) is 13.6 Å². The molecule has 236 valence electrons. The molecule has 0 spiro atoms. The van der Waals surface area contributed by atoms with Crippen molar-refractivity contribution in [3.63, 3.8) is 0 Å². The summed E-state index contributed by atoms with van der Waals surface area (Å²) in [5.74, 6) is -1.07. The molecule has 7 nitrogen and oxygen atoms in total. The molecule has 1 aromatic heterocycles. The van der Waals surface area contributed by atoms with Crippen molar-refractivity contribution < 1.29 is 18.0 Å². The number of H-pyrrole nitrogens is 1. The summed E-state index contributed by atoms with van der Waals surface area (Å²) in [6.07, 6.45) is 1.32. The van der Waals surface area contributed by atoms with Gasteiger partial charge in [0, 0.05) is 6.42 Å². The van der Waals surface area contributed by atoms with Gasteiger partial charge in [-0.05, 0) is 39.6 Å². The minimum absolute atomic E-state index is 0.0686. The zero-order chi connectivity index (χ0) is 32.6. The fourth-order valence-corrected chi connectivity index (χ4v) is 11.7. The maximum absolute atomic E-state index is 14.5. The summed E-state index contributed by atoms with van der Waals surface area (Å²) in [7, 11) is -5.42. The lowest BCUT2D eigenvalue weighted by molar-refractivity contribution is -0.0918. The normalized spacial score (nSPS) is 21.2. The third-order valence-corrected chi connectivity index (χ3v) is 18.5. The van der Waals surface area contributed by atoms with E-state index in [1.54, 1.807) is 6.08 Å². The first-order chi connectivity index (χ1) is 20.5. The fraction of sp³-hybridized carbons (Fsp3) is 0.441. The van der Waals surface area contributed by atoms with Crippen LogP contribution in [-0.4, -0.2) is 44.5 Å². The highest BCUT2D eigenvalue weighted by atomic mass is 28.4. The van der Waals surface area contributed by atoms with Gasteiger partial charge in [-0.2, -0.15) is 4.39 Å². The number of nitrogens with zero attached hydrogens (tertiary/aromatic N) is 1. The molecule has 10 heteroatoms. The Morgan fingerprint density at radius 1 is 1.02 bits per heavy atom. The standard InChI is InChI=1S/C34H45FN2O5Si2/c1-10-21-34(24-40-44(33(5,6)7,25-17-13-11-14-18-25)26-19-15-12-16-20-26)28(42-43(8,9)32(2,3)4)22-29(41-34)37-23-27(35)30(38)36-31(37)39/h11-21,23,28-29H,1,22,24H2,2-9H3,(H,36,38,39)/t28-,29+,34+/m0/s1. The van der Waals surface area contributed by atoms with Crippen LogP contribution in [0.3, 0.4) is 0 Å². The van der Waals surface area contributed by atoms with Gasteiger partial charge in [0.15, 0.2) is 8.32 Å². The second-order valence-electron chi connectivity index (χ2n) is 14.1. The van der Waals surface area contributed by atoms with Gasteiger partial charge in [-0.15, -0.1) is 5.73 Å². The minimum atomic E-state index is -3.01. The number of nitrogens with one attached hydrogen (secondary N) is 1. The van der Waals surface area contributed by atoms with Crippen LogP contribution in [0.15, 0.2) is 94.8 Å². The molecule has 0 aliphatic carbocycles. The van der Waals surface area contributed by atoms with Gasteiger partial charge >= 0.3 is 5.69 Å². The zero-order valence-electron chi connectivity index (χ0n) is 27.1. The average molecular weight is 637 g/mol. The van der Waals surface area contributed by atoms with Gasteiger partial charge in [0.25, 0.3) is 13.9 Å². The predicted molar refractivity (Wildman–Crippen MR) is 178 cm³/mol. The van der Waals surface area contributed by atoms with Crippen LogP contribution >= 0.6 is 0 Å². The third-order valence-electron chi connectivity index (χ3n) is 9.07. The summed E-state index contributed by atoms with van der Waals surface area (Å²) < 4.78 is 36.6. The van der Waals surface area contributed by atoms with Crippen LogP contribution in [0.2, 0.25) is 23.2 Å². The monoisotopic (exact) mass is 636 g/mol. The first kappa shape index (κ1) is 33.8. The lowest BCUT2D eigenvalue weighted by atomic mass is 9.98. The number of aromatic amines is 1. The highest BCUT2D eigenvalue weighted by molar-refractivity contribution is 6.99. The summed E-state index contributed by atoms with van der Waals surface area (Å²) in [5, 5.41) is 1.77. The number of hydrogen-bond acceptors (Lipinski definition) is 5. The Morgan fingerprint density at radius 3 is 2.05 bits per heavy atom. The van der Waals surface area contributed by atoms with Crippen LogP contribution < -0.4 is 21.6 Å². The minimum Gasteiger partial charge on any atom is -0.410 e. The van der Waals surface area contributed by atoms with E-state index >= 15 is 0 Å². The zero-order valence-corrected chi connectivity index (χ0v) is 29.1. The van der Waals surface area contributed by atoms with Gasteiger partial charge in [-0.1, -0.05) is 109 Å². The van der Waals surface area contributed by atoms with Crippen molar-refractivity contribution in [2.45, 2.75) is 89.1 Å². The van der Waals surface area contributed by atoms with E-state index in [2.05, 4.69) is 96.2 Å². The van der Waals surface area contributed by atoms with E-state index in [1.165, 1.54) is 0 Å². The molecule has 1 aliphatic rings. The Hall–Kier alpha value is -3.12. The Morgan fingerprint density at radius 2 is 1.57 bits per heavy atom. The van der Waals surface area contributed by atoms with Gasteiger partial charge in [0.2, 0.25) is 5.82 Å². The van der Waals surface area contributed by atoms with Gasteiger partial charge in [0.1, 0.15) is 11.8 Å². The molecule has 0 unspecified atom stereocenters. The summed E-state index contributed by atoms with van der Waals surface area (Å²) >= 11 is 0. The molecule has 1 fully saturated rings. The second-order valence-corrected chi connectivity index (χ2v) is 23.1. The topological polar surface area (TPSA) is 82.5 Å². The van der Waals surface area contributed by atoms with E-state index in [4.69, 9.17) is 13.6 Å². The SMILES string of the molecule is C=C=C[C@]1(CO[Si](c2ccccc2)(c2ccccc2)C(C)(C)C)O[C@@H](n2cc(F)c(=O)[nH]c2=O)C[C@@H]1O[Si](C)(C)C(C)(C)C. The number of benzene rings is 2. The van der Waals surface area contributed by atoms with Crippen molar-refractivity contribution in [3.8, 4) is 0 Å². The van der Waals surface area contributed by atoms with Crippen LogP contribution in [0.25, 0.3) is 0 Å². The highest BCUT2D eigenvalue weighted by Gasteiger charge is 2.56. The number of halogens is 1. The number of hydrogen-bond donors (Lipinski definition) is 1. The van der Waals surface area contributed by atoms with E-state index < -0.39 is 51.6 Å². The lowest BCUT2D eigenvalue weighted by Gasteiger charge is -2.46. The molecular weight excluding hydrogens is 592 g/mol. The molecule has 0 radical (unpaired) electrons. The molecular formula is C34H45FN2O5Si2. The Labute approximate surface area is 261 Å². The number of rotatable bonds is 9. The van der Waals surface area contributed by atoms with Crippen molar-refractivity contribution in [3.05, 3.63) is 112 Å². The second kappa shape index (κ2) is 12.3. The van der Waals surface area contributed by atoms with Gasteiger partial charge in [-0.3, -0.25) is 14.3 Å². The first-order valence-electron chi connectivity index (χ1n) is 15.0. The fourth-order valence-electron chi connectivity index (χ4n) is 5.74. The summed E-state index contributed by atoms with van der Waals surface area (Å²) in [4.78, 5) is 26.8. The van der Waals surface area contributed by atoms with Crippen LogP contribution in [0, 0.1) is 5.82 Å². The Kier molecular flexibility index (Phi) is 9.48. The van der Waals surface area contributed by atoms with Gasteiger partial charge < -0.3 is 13.6 Å². The van der Waals surface area contributed by atoms with E-state index in [9.17, 15) is 14.0 Å². The molecule has 1 N–H and O–H groups in total. The van der Waals surface area contributed by atoms with Crippen molar-refractivity contribution in [1.82, 2.24) is 9.55 Å². The first-order valence-corrected chi connectivity index (χ1v) is 19.8. The quantitative estimate of drug-likeness (QED) is 0.243. The summed E-state index contributed by atoms with van der Waals surface area (Å²) in [6.45, 7) is 21.3. The van der Waals surface area contributed by atoms with E-state index in [0.29, 0.717) is 0 Å². The molecule has 4 rings (SSSR count). The number of aromatic nitrogens is 2. The van der Waals surface area contributed by atoms with Crippen molar-refractivity contribution in [2.24, 2.45) is 0 Å². The van der Waals surface area contributed by atoms with Crippen molar-refractivity contribution in [1.29, 1.82) is 0 Å². The van der Waals surface area contributed by atoms with Crippen LogP contribution in [0.1, 0.15) is 54.2 Å². The van der Waals surface area contributed by atoms with Gasteiger partial charge in [0.05, 0.1) is 18.9 Å². The molecule has 2 aromatic carbocycles. The maximum Gasteiger partial charge on any atom is 0.330 e. The molecule has 44 heavy (non-hydrogen) atoms. The molecule has 3 aromatic rings. The summed E-state index contributed by atoms with van der Waals surface area (Å²) in [6, 6.07) is 20.6. The smallest absolute Gasteiger partial charge is 0.330 e. The molecule has 1 saturated heterocycles. The van der Waals surface area contributed by atoms with Gasteiger partial charge in [-0.25, -0.2) is 4.79 Å². The van der Waals surface area contributed by atoms with E-state index in [-0.39, 0.29) is 23.1 Å². The van der Waals surface area contributed by atoms with Crippen molar-refractivity contribution in [2.75, 3.05) is 6.61 Å². The maximum atomic E-state index is 14.5. The largest absolute Gasteiger partial charge is 0.410 e. The molecule has 0 amide bonds. The molecule has 1 aliphatic heterocycles. The molecule has 0 bridgehead atoms. The highest BCUT2D eigenvalue weighted by Crippen LogP contribution is 2.46. The van der Waals surface area contributed by atoms with E-state index in [0.717, 1.165) is 21.1 Å². The van der Waals surface area contributed by atoms with Crippen LogP contribution in [0.4, 0.5) is 4.39 Å². The molecule has 2 heterocycles. The van der Waals surface area contributed by atoms with E-state index in [1.807, 2.05) is 36.4 Å². The predicted octanol–water partition coefficient (Wildman–Crippen LogP) is 5.64. The number of ether oxygens (including phenoxy) is 1. The third kappa shape index (κ3) is 6.33. The molecule has 0 saturated carbocycles. The Balaban J connectivity index is 1.89. The molecule has 3 atom stereocenters. The summed E-state index contributed by atoms with van der Waals surface area (Å²) in [5.41, 5.74) is -0.146. The average Bonchev–Trinajstić information content (AvgIpc) is 3.28. The lowest BCUT2D eigenvalue weighted by Crippen LogP contribution is -2.68. The van der Waals surface area contributed by atoms with Crippen LogP contribution in [0.5, 0.6) is 0 Å².